The number of rotatable bonds is 10. The number of hydrogen-bond acceptors (Lipinski definition) is 4. The van der Waals surface area contributed by atoms with Gasteiger partial charge in [0.25, 0.3) is 0 Å². The molecule has 1 rings (SSSR count). The van der Waals surface area contributed by atoms with Gasteiger partial charge in [-0.3, -0.25) is 0 Å². The zero-order chi connectivity index (χ0) is 14.1. The largest absolute Gasteiger partial charge is 0.380 e. The third kappa shape index (κ3) is 7.95. The minimum absolute atomic E-state index is 0.467. The van der Waals surface area contributed by atoms with Gasteiger partial charge in [0.05, 0.1) is 18.8 Å². The predicted molar refractivity (Wildman–Crippen MR) is 76.9 cm³/mol. The molecule has 110 valence electrons. The summed E-state index contributed by atoms with van der Waals surface area (Å²) >= 11 is 0. The highest BCUT2D eigenvalue weighted by Crippen LogP contribution is 2.03. The van der Waals surface area contributed by atoms with Crippen LogP contribution < -0.4 is 5.32 Å². The molecular formula is C14H28N4O. The number of nitrogens with one attached hydrogen (secondary N) is 1. The molecule has 5 nitrogen and oxygen atoms in total. The summed E-state index contributed by atoms with van der Waals surface area (Å²) in [5.41, 5.74) is 0.980. The van der Waals surface area contributed by atoms with Crippen molar-refractivity contribution in [2.24, 2.45) is 5.92 Å². The van der Waals surface area contributed by atoms with Gasteiger partial charge in [0.15, 0.2) is 0 Å². The van der Waals surface area contributed by atoms with E-state index in [1.807, 2.05) is 10.9 Å². The van der Waals surface area contributed by atoms with E-state index in [1.165, 1.54) is 6.42 Å². The summed E-state index contributed by atoms with van der Waals surface area (Å²) in [6.45, 7) is 11.8. The first kappa shape index (κ1) is 16.1. The smallest absolute Gasteiger partial charge is 0.0964 e. The van der Waals surface area contributed by atoms with Gasteiger partial charge in [0.2, 0.25) is 0 Å². The Morgan fingerprint density at radius 2 is 2.05 bits per heavy atom. The van der Waals surface area contributed by atoms with E-state index in [2.05, 4.69) is 43.3 Å². The lowest BCUT2D eigenvalue weighted by Crippen LogP contribution is -2.21. The van der Waals surface area contributed by atoms with E-state index in [0.29, 0.717) is 12.6 Å². The molecule has 0 atom stereocenters. The molecule has 0 saturated heterocycles. The zero-order valence-electron chi connectivity index (χ0n) is 12.7. The second kappa shape index (κ2) is 9.04. The van der Waals surface area contributed by atoms with Crippen molar-refractivity contribution < 1.29 is 4.74 Å². The Kier molecular flexibility index (Phi) is 7.67. The van der Waals surface area contributed by atoms with Crippen LogP contribution in [0.1, 0.15) is 46.2 Å². The normalized spacial score (nSPS) is 11.7. The van der Waals surface area contributed by atoms with Gasteiger partial charge in [-0.05, 0) is 18.8 Å². The van der Waals surface area contributed by atoms with Crippen molar-refractivity contribution in [1.82, 2.24) is 20.3 Å². The SMILES string of the molecule is CC(C)CCCOCCn1cc(CNC(C)C)nn1. The summed E-state index contributed by atoms with van der Waals surface area (Å²) in [7, 11) is 0. The number of aromatic nitrogens is 3. The zero-order valence-corrected chi connectivity index (χ0v) is 12.7. The van der Waals surface area contributed by atoms with Crippen molar-refractivity contribution in [1.29, 1.82) is 0 Å². The van der Waals surface area contributed by atoms with Crippen molar-refractivity contribution in [3.63, 3.8) is 0 Å². The number of ether oxygens (including phenoxy) is 1. The minimum atomic E-state index is 0.467. The van der Waals surface area contributed by atoms with Crippen LogP contribution in [0.15, 0.2) is 6.20 Å². The van der Waals surface area contributed by atoms with Crippen molar-refractivity contribution in [2.75, 3.05) is 13.2 Å². The summed E-state index contributed by atoms with van der Waals surface area (Å²) in [4.78, 5) is 0. The van der Waals surface area contributed by atoms with Crippen LogP contribution in [0, 0.1) is 5.92 Å². The third-order valence-electron chi connectivity index (χ3n) is 2.81. The number of nitrogens with zero attached hydrogens (tertiary/aromatic N) is 3. The van der Waals surface area contributed by atoms with Crippen LogP contribution in [0.2, 0.25) is 0 Å². The van der Waals surface area contributed by atoms with Crippen LogP contribution in [0.5, 0.6) is 0 Å². The first-order valence-corrected chi connectivity index (χ1v) is 7.28. The molecule has 0 saturated carbocycles. The van der Waals surface area contributed by atoms with Crippen LogP contribution in [0.25, 0.3) is 0 Å². The van der Waals surface area contributed by atoms with Gasteiger partial charge in [-0.15, -0.1) is 5.10 Å². The minimum Gasteiger partial charge on any atom is -0.380 e. The molecule has 0 aliphatic heterocycles. The third-order valence-corrected chi connectivity index (χ3v) is 2.81. The number of hydrogen-bond donors (Lipinski definition) is 1. The highest BCUT2D eigenvalue weighted by Gasteiger charge is 2.01. The molecule has 0 aliphatic rings. The van der Waals surface area contributed by atoms with Gasteiger partial charge >= 0.3 is 0 Å². The molecule has 0 amide bonds. The summed E-state index contributed by atoms with van der Waals surface area (Å²) in [6, 6.07) is 0.467. The maximum absolute atomic E-state index is 5.59. The van der Waals surface area contributed by atoms with Gasteiger partial charge in [0.1, 0.15) is 0 Å². The van der Waals surface area contributed by atoms with Crippen LogP contribution in [0.4, 0.5) is 0 Å². The molecule has 1 aromatic rings. The molecule has 19 heavy (non-hydrogen) atoms. The summed E-state index contributed by atoms with van der Waals surface area (Å²) in [5, 5.41) is 11.5. The fourth-order valence-electron chi connectivity index (χ4n) is 1.69. The lowest BCUT2D eigenvalue weighted by Gasteiger charge is -2.06. The summed E-state index contributed by atoms with van der Waals surface area (Å²) in [5.74, 6) is 0.759. The standard InChI is InChI=1S/C14H28N4O/c1-12(2)6-5-8-19-9-7-18-11-14(16-17-18)10-15-13(3)4/h11-13,15H,5-10H2,1-4H3. The van der Waals surface area contributed by atoms with Crippen molar-refractivity contribution >= 4 is 0 Å². The van der Waals surface area contributed by atoms with E-state index in [-0.39, 0.29) is 0 Å². The van der Waals surface area contributed by atoms with E-state index >= 15 is 0 Å². The van der Waals surface area contributed by atoms with Crippen LogP contribution in [0.3, 0.4) is 0 Å². The van der Waals surface area contributed by atoms with Gasteiger partial charge in [0, 0.05) is 25.4 Å². The fraction of sp³-hybridized carbons (Fsp3) is 0.857. The Morgan fingerprint density at radius 1 is 1.26 bits per heavy atom. The van der Waals surface area contributed by atoms with E-state index in [9.17, 15) is 0 Å². The fourth-order valence-corrected chi connectivity index (χ4v) is 1.69. The summed E-state index contributed by atoms with van der Waals surface area (Å²) in [6.07, 6.45) is 4.35. The topological polar surface area (TPSA) is 52.0 Å². The first-order chi connectivity index (χ1) is 9.08. The molecule has 0 unspecified atom stereocenters. The molecule has 0 aromatic carbocycles. The molecule has 0 fully saturated rings. The molecule has 0 radical (unpaired) electrons. The van der Waals surface area contributed by atoms with Crippen molar-refractivity contribution in [3.05, 3.63) is 11.9 Å². The lowest BCUT2D eigenvalue weighted by molar-refractivity contribution is 0.117. The van der Waals surface area contributed by atoms with Crippen LogP contribution in [-0.4, -0.2) is 34.2 Å². The van der Waals surface area contributed by atoms with Crippen LogP contribution >= 0.6 is 0 Å². The Labute approximate surface area is 116 Å². The Bertz CT molecular complexity index is 336. The average molecular weight is 268 g/mol. The quantitative estimate of drug-likeness (QED) is 0.661. The van der Waals surface area contributed by atoms with E-state index in [1.54, 1.807) is 0 Å². The first-order valence-electron chi connectivity index (χ1n) is 7.28. The molecule has 1 aromatic heterocycles. The Balaban J connectivity index is 2.09. The van der Waals surface area contributed by atoms with E-state index < -0.39 is 0 Å². The monoisotopic (exact) mass is 268 g/mol. The predicted octanol–water partition coefficient (Wildman–Crippen LogP) is 2.23. The van der Waals surface area contributed by atoms with Crippen molar-refractivity contribution in [3.8, 4) is 0 Å². The highest BCUT2D eigenvalue weighted by atomic mass is 16.5. The van der Waals surface area contributed by atoms with Crippen LogP contribution in [-0.2, 0) is 17.8 Å². The molecule has 1 heterocycles. The van der Waals surface area contributed by atoms with E-state index in [0.717, 1.165) is 37.7 Å². The lowest BCUT2D eigenvalue weighted by atomic mass is 10.1. The molecule has 0 spiro atoms. The van der Waals surface area contributed by atoms with E-state index in [4.69, 9.17) is 4.74 Å². The van der Waals surface area contributed by atoms with Gasteiger partial charge < -0.3 is 10.1 Å². The molecular weight excluding hydrogens is 240 g/mol. The second-order valence-corrected chi connectivity index (χ2v) is 5.66. The molecule has 1 N–H and O–H groups in total. The van der Waals surface area contributed by atoms with Gasteiger partial charge in [-0.2, -0.15) is 0 Å². The maximum atomic E-state index is 5.59. The maximum Gasteiger partial charge on any atom is 0.0964 e. The second-order valence-electron chi connectivity index (χ2n) is 5.66. The Hall–Kier alpha value is -0.940. The molecule has 5 heteroatoms. The highest BCUT2D eigenvalue weighted by molar-refractivity contribution is 4.91. The van der Waals surface area contributed by atoms with Crippen molar-refractivity contribution in [2.45, 2.75) is 59.7 Å². The summed E-state index contributed by atoms with van der Waals surface area (Å²) < 4.78 is 7.44. The molecule has 0 bridgehead atoms. The average Bonchev–Trinajstić information content (AvgIpc) is 2.78. The van der Waals surface area contributed by atoms with Gasteiger partial charge in [-0.1, -0.05) is 32.9 Å². The Morgan fingerprint density at radius 3 is 2.74 bits per heavy atom. The van der Waals surface area contributed by atoms with Gasteiger partial charge in [-0.25, -0.2) is 4.68 Å². The molecule has 0 aliphatic carbocycles.